The van der Waals surface area contributed by atoms with Gasteiger partial charge in [-0.15, -0.1) is 0 Å². The minimum Gasteiger partial charge on any atom is -0.497 e. The molecule has 0 radical (unpaired) electrons. The largest absolute Gasteiger partial charge is 0.497 e. The van der Waals surface area contributed by atoms with Crippen LogP contribution in [-0.4, -0.2) is 31.2 Å². The van der Waals surface area contributed by atoms with Gasteiger partial charge in [-0.1, -0.05) is 12.1 Å². The van der Waals surface area contributed by atoms with E-state index in [1.807, 2.05) is 61.5 Å². The Morgan fingerprint density at radius 3 is 2.59 bits per heavy atom. The molecular formula is C23H25N3O3. The Morgan fingerprint density at radius 2 is 1.83 bits per heavy atom. The van der Waals surface area contributed by atoms with Gasteiger partial charge in [-0.2, -0.15) is 0 Å². The number of aromatic nitrogens is 1. The van der Waals surface area contributed by atoms with Crippen molar-refractivity contribution in [3.8, 4) is 11.5 Å². The number of amides is 1. The second-order valence-corrected chi connectivity index (χ2v) is 6.37. The van der Waals surface area contributed by atoms with Gasteiger partial charge in [-0.05, 0) is 67.4 Å². The number of benzene rings is 2. The molecule has 6 nitrogen and oxygen atoms in total. The van der Waals surface area contributed by atoms with Crippen molar-refractivity contribution in [2.75, 3.05) is 25.6 Å². The second-order valence-electron chi connectivity index (χ2n) is 6.37. The smallest absolute Gasteiger partial charge is 0.269 e. The van der Waals surface area contributed by atoms with E-state index in [9.17, 15) is 4.79 Å². The summed E-state index contributed by atoms with van der Waals surface area (Å²) in [5.74, 6) is 1.43. The maximum Gasteiger partial charge on any atom is 0.269 e. The monoisotopic (exact) mass is 391 g/mol. The number of carbonyl (C=O) groups is 1. The van der Waals surface area contributed by atoms with Crippen LogP contribution in [0.2, 0.25) is 0 Å². The van der Waals surface area contributed by atoms with E-state index < -0.39 is 0 Å². The summed E-state index contributed by atoms with van der Waals surface area (Å²) < 4.78 is 10.7. The zero-order chi connectivity index (χ0) is 20.5. The lowest BCUT2D eigenvalue weighted by Gasteiger charge is -2.10. The molecular weight excluding hydrogens is 366 g/mol. The molecule has 29 heavy (non-hydrogen) atoms. The van der Waals surface area contributed by atoms with E-state index in [4.69, 9.17) is 9.47 Å². The molecule has 3 rings (SSSR count). The molecule has 3 aromatic rings. The van der Waals surface area contributed by atoms with Crippen molar-refractivity contribution in [2.24, 2.45) is 0 Å². The van der Waals surface area contributed by atoms with Crippen LogP contribution in [0.1, 0.15) is 23.0 Å². The topological polar surface area (TPSA) is 72.5 Å². The molecule has 2 N–H and O–H groups in total. The van der Waals surface area contributed by atoms with E-state index in [0.29, 0.717) is 25.3 Å². The number of pyridine rings is 1. The van der Waals surface area contributed by atoms with E-state index in [1.54, 1.807) is 19.4 Å². The Morgan fingerprint density at radius 1 is 1.00 bits per heavy atom. The summed E-state index contributed by atoms with van der Waals surface area (Å²) in [6.45, 7) is 3.10. The predicted molar refractivity (Wildman–Crippen MR) is 114 cm³/mol. The molecule has 0 saturated heterocycles. The normalized spacial score (nSPS) is 10.3. The summed E-state index contributed by atoms with van der Waals surface area (Å²) in [5.41, 5.74) is 3.17. The quantitative estimate of drug-likeness (QED) is 0.572. The molecule has 0 bridgehead atoms. The van der Waals surface area contributed by atoms with Crippen LogP contribution >= 0.6 is 0 Å². The maximum atomic E-state index is 12.4. The highest BCUT2D eigenvalue weighted by Gasteiger charge is 2.08. The lowest BCUT2D eigenvalue weighted by atomic mass is 10.1. The van der Waals surface area contributed by atoms with Crippen LogP contribution in [0.5, 0.6) is 11.5 Å². The molecule has 0 spiro atoms. The molecule has 0 aliphatic rings. The molecule has 1 aromatic heterocycles. The number of anilines is 2. The number of hydrogen-bond donors (Lipinski definition) is 2. The van der Waals surface area contributed by atoms with Crippen molar-refractivity contribution in [3.05, 3.63) is 78.1 Å². The standard InChI is InChI=1S/C23H25N3O3/c1-3-29-20-9-7-18(8-10-20)26-19-12-14-24-22(16-19)23(27)25-13-11-17-5-4-6-21(15-17)28-2/h4-10,12,14-16H,3,11,13H2,1-2H3,(H,24,26)(H,25,27). The molecule has 150 valence electrons. The van der Waals surface area contributed by atoms with Crippen molar-refractivity contribution in [2.45, 2.75) is 13.3 Å². The maximum absolute atomic E-state index is 12.4. The van der Waals surface area contributed by atoms with Crippen molar-refractivity contribution in [3.63, 3.8) is 0 Å². The lowest BCUT2D eigenvalue weighted by Crippen LogP contribution is -2.26. The van der Waals surface area contributed by atoms with Gasteiger partial charge in [-0.3, -0.25) is 9.78 Å². The fourth-order valence-electron chi connectivity index (χ4n) is 2.84. The molecule has 0 unspecified atom stereocenters. The summed E-state index contributed by atoms with van der Waals surface area (Å²) in [5, 5.41) is 6.18. The molecule has 0 atom stereocenters. The third-order valence-corrected chi connectivity index (χ3v) is 4.28. The second kappa shape index (κ2) is 10.1. The first-order valence-electron chi connectivity index (χ1n) is 9.55. The summed E-state index contributed by atoms with van der Waals surface area (Å²) in [6.07, 6.45) is 2.33. The molecule has 2 aromatic carbocycles. The van der Waals surface area contributed by atoms with Gasteiger partial charge in [0.1, 0.15) is 17.2 Å². The Bertz CT molecular complexity index is 942. The van der Waals surface area contributed by atoms with Gasteiger partial charge < -0.3 is 20.1 Å². The number of rotatable bonds is 9. The number of methoxy groups -OCH3 is 1. The van der Waals surface area contributed by atoms with Gasteiger partial charge in [0.15, 0.2) is 0 Å². The lowest BCUT2D eigenvalue weighted by molar-refractivity contribution is 0.0949. The first kappa shape index (κ1) is 20.2. The van der Waals surface area contributed by atoms with Crippen LogP contribution in [-0.2, 0) is 6.42 Å². The Labute approximate surface area is 170 Å². The Hall–Kier alpha value is -3.54. The van der Waals surface area contributed by atoms with Gasteiger partial charge in [0.25, 0.3) is 5.91 Å². The van der Waals surface area contributed by atoms with E-state index in [2.05, 4.69) is 15.6 Å². The number of hydrogen-bond acceptors (Lipinski definition) is 5. The van der Waals surface area contributed by atoms with E-state index in [0.717, 1.165) is 28.4 Å². The molecule has 1 amide bonds. The van der Waals surface area contributed by atoms with Crippen LogP contribution in [0.4, 0.5) is 11.4 Å². The number of nitrogens with zero attached hydrogens (tertiary/aromatic N) is 1. The van der Waals surface area contributed by atoms with E-state index in [1.165, 1.54) is 0 Å². The summed E-state index contributed by atoms with van der Waals surface area (Å²) >= 11 is 0. The third kappa shape index (κ3) is 5.97. The van der Waals surface area contributed by atoms with E-state index in [-0.39, 0.29) is 5.91 Å². The third-order valence-electron chi connectivity index (χ3n) is 4.28. The molecule has 0 fully saturated rings. The molecule has 0 aliphatic carbocycles. The minimum absolute atomic E-state index is 0.205. The van der Waals surface area contributed by atoms with Gasteiger partial charge in [-0.25, -0.2) is 0 Å². The van der Waals surface area contributed by atoms with Crippen LogP contribution < -0.4 is 20.1 Å². The van der Waals surface area contributed by atoms with Crippen molar-refractivity contribution >= 4 is 17.3 Å². The van der Waals surface area contributed by atoms with Crippen LogP contribution in [0.3, 0.4) is 0 Å². The average molecular weight is 391 g/mol. The fraction of sp³-hybridized carbons (Fsp3) is 0.217. The van der Waals surface area contributed by atoms with E-state index >= 15 is 0 Å². The van der Waals surface area contributed by atoms with Crippen molar-refractivity contribution in [1.82, 2.24) is 10.3 Å². The highest BCUT2D eigenvalue weighted by molar-refractivity contribution is 5.93. The summed E-state index contributed by atoms with van der Waals surface area (Å²) in [4.78, 5) is 16.6. The van der Waals surface area contributed by atoms with Gasteiger partial charge in [0.2, 0.25) is 0 Å². The summed E-state index contributed by atoms with van der Waals surface area (Å²) in [7, 11) is 1.64. The minimum atomic E-state index is -0.205. The van der Waals surface area contributed by atoms with Crippen molar-refractivity contribution in [1.29, 1.82) is 0 Å². The number of carbonyl (C=O) groups excluding carboxylic acids is 1. The molecule has 1 heterocycles. The van der Waals surface area contributed by atoms with Crippen LogP contribution in [0, 0.1) is 0 Å². The molecule has 0 saturated carbocycles. The summed E-state index contributed by atoms with van der Waals surface area (Å²) in [6, 6.07) is 19.0. The average Bonchev–Trinajstić information content (AvgIpc) is 2.75. The van der Waals surface area contributed by atoms with Gasteiger partial charge in [0.05, 0.1) is 13.7 Å². The van der Waals surface area contributed by atoms with Crippen LogP contribution in [0.15, 0.2) is 66.9 Å². The number of ether oxygens (including phenoxy) is 2. The molecule has 0 aliphatic heterocycles. The van der Waals surface area contributed by atoms with Crippen LogP contribution in [0.25, 0.3) is 0 Å². The van der Waals surface area contributed by atoms with Gasteiger partial charge in [0, 0.05) is 24.1 Å². The Balaban J connectivity index is 1.55. The molecule has 6 heteroatoms. The fourth-order valence-corrected chi connectivity index (χ4v) is 2.84. The zero-order valence-electron chi connectivity index (χ0n) is 16.6. The van der Waals surface area contributed by atoms with Crippen molar-refractivity contribution < 1.29 is 14.3 Å². The highest BCUT2D eigenvalue weighted by Crippen LogP contribution is 2.20. The Kier molecular flexibility index (Phi) is 7.05. The number of nitrogens with one attached hydrogen (secondary N) is 2. The first-order valence-corrected chi connectivity index (χ1v) is 9.55. The highest BCUT2D eigenvalue weighted by atomic mass is 16.5. The predicted octanol–water partition coefficient (Wildman–Crippen LogP) is 4.21. The zero-order valence-corrected chi connectivity index (χ0v) is 16.6. The van der Waals surface area contributed by atoms with Gasteiger partial charge >= 0.3 is 0 Å². The SMILES string of the molecule is CCOc1ccc(Nc2ccnc(C(=O)NCCc3cccc(OC)c3)c2)cc1. The first-order chi connectivity index (χ1) is 14.2.